The van der Waals surface area contributed by atoms with Crippen molar-refractivity contribution in [3.8, 4) is 0 Å². The van der Waals surface area contributed by atoms with E-state index in [-0.39, 0.29) is 5.56 Å². The first-order valence-corrected chi connectivity index (χ1v) is 5.93. The number of halogens is 2. The number of pyridine rings is 1. The normalized spacial score (nSPS) is 10.3. The minimum absolute atomic E-state index is 0.0998. The Labute approximate surface area is 114 Å². The Balaban J connectivity index is 1.90. The number of carboxylic acid groups (broad SMARTS) is 1. The van der Waals surface area contributed by atoms with Gasteiger partial charge in [0, 0.05) is 18.8 Å². The highest BCUT2D eigenvalue weighted by Crippen LogP contribution is 2.09. The fourth-order valence-corrected chi connectivity index (χ4v) is 1.72. The van der Waals surface area contributed by atoms with E-state index in [1.54, 1.807) is 0 Å². The number of hydrogen-bond donors (Lipinski definition) is 2. The Kier molecular flexibility index (Phi) is 4.24. The van der Waals surface area contributed by atoms with E-state index in [0.717, 1.165) is 6.07 Å². The molecule has 0 saturated carbocycles. The van der Waals surface area contributed by atoms with Crippen LogP contribution in [0.3, 0.4) is 0 Å². The number of hydrogen-bond acceptors (Lipinski definition) is 3. The maximum atomic E-state index is 13.0. The van der Waals surface area contributed by atoms with Crippen molar-refractivity contribution in [2.45, 2.75) is 6.42 Å². The van der Waals surface area contributed by atoms with E-state index in [2.05, 4.69) is 10.3 Å². The van der Waals surface area contributed by atoms with Crippen LogP contribution in [0.15, 0.2) is 36.5 Å². The van der Waals surface area contributed by atoms with Gasteiger partial charge in [-0.25, -0.2) is 18.6 Å². The number of aromatic carboxylic acids is 1. The molecule has 0 aliphatic carbocycles. The van der Waals surface area contributed by atoms with Crippen LogP contribution >= 0.6 is 0 Å². The first kappa shape index (κ1) is 13.9. The number of nitrogens with one attached hydrogen (secondary N) is 1. The van der Waals surface area contributed by atoms with Crippen molar-refractivity contribution in [3.05, 3.63) is 59.3 Å². The van der Waals surface area contributed by atoms with Gasteiger partial charge in [-0.2, -0.15) is 0 Å². The zero-order chi connectivity index (χ0) is 14.5. The lowest BCUT2D eigenvalue weighted by molar-refractivity contribution is 0.0696. The molecule has 0 aliphatic rings. The summed E-state index contributed by atoms with van der Waals surface area (Å²) in [6.07, 6.45) is 1.67. The maximum absolute atomic E-state index is 13.0. The summed E-state index contributed by atoms with van der Waals surface area (Å²) in [5.41, 5.74) is 0.639. The molecule has 2 rings (SSSR count). The van der Waals surface area contributed by atoms with E-state index in [9.17, 15) is 13.6 Å². The van der Waals surface area contributed by atoms with Gasteiger partial charge in [-0.05, 0) is 36.2 Å². The van der Waals surface area contributed by atoms with Gasteiger partial charge in [-0.15, -0.1) is 0 Å². The molecule has 20 heavy (non-hydrogen) atoms. The average molecular weight is 278 g/mol. The topological polar surface area (TPSA) is 62.2 Å². The molecule has 1 aromatic carbocycles. The van der Waals surface area contributed by atoms with Crippen LogP contribution in [0.5, 0.6) is 0 Å². The standard InChI is InChI=1S/C14H12F2N2O2/c15-11-5-9(6-12(16)7-11)3-4-17-13-2-1-10(8-18-13)14(19)20/h1-2,5-8H,3-4H2,(H,17,18)(H,19,20). The van der Waals surface area contributed by atoms with Gasteiger partial charge in [0.25, 0.3) is 0 Å². The monoisotopic (exact) mass is 278 g/mol. The van der Waals surface area contributed by atoms with E-state index >= 15 is 0 Å². The molecule has 0 aliphatic heterocycles. The Bertz CT molecular complexity index is 595. The number of carbonyl (C=O) groups is 1. The summed E-state index contributed by atoms with van der Waals surface area (Å²) in [7, 11) is 0. The summed E-state index contributed by atoms with van der Waals surface area (Å²) in [5, 5.41) is 11.7. The van der Waals surface area contributed by atoms with Crippen LogP contribution in [-0.2, 0) is 6.42 Å². The SMILES string of the molecule is O=C(O)c1ccc(NCCc2cc(F)cc(F)c2)nc1. The Morgan fingerprint density at radius 2 is 1.90 bits per heavy atom. The van der Waals surface area contributed by atoms with Gasteiger partial charge in [0.15, 0.2) is 0 Å². The van der Waals surface area contributed by atoms with Crippen molar-refractivity contribution >= 4 is 11.8 Å². The molecule has 2 N–H and O–H groups in total. The van der Waals surface area contributed by atoms with E-state index < -0.39 is 17.6 Å². The molecule has 0 amide bonds. The Morgan fingerprint density at radius 1 is 1.20 bits per heavy atom. The summed E-state index contributed by atoms with van der Waals surface area (Å²) < 4.78 is 25.9. The van der Waals surface area contributed by atoms with E-state index in [1.807, 2.05) is 0 Å². The van der Waals surface area contributed by atoms with Crippen molar-refractivity contribution in [1.29, 1.82) is 0 Å². The van der Waals surface area contributed by atoms with Crippen LogP contribution in [0.1, 0.15) is 15.9 Å². The van der Waals surface area contributed by atoms with E-state index in [4.69, 9.17) is 5.11 Å². The molecule has 0 spiro atoms. The molecule has 4 nitrogen and oxygen atoms in total. The van der Waals surface area contributed by atoms with Crippen LogP contribution in [-0.4, -0.2) is 22.6 Å². The largest absolute Gasteiger partial charge is 0.478 e. The third-order valence-corrected chi connectivity index (χ3v) is 2.65. The van der Waals surface area contributed by atoms with E-state index in [1.165, 1.54) is 30.5 Å². The number of carboxylic acids is 1. The number of aromatic nitrogens is 1. The summed E-state index contributed by atoms with van der Waals surface area (Å²) >= 11 is 0. The molecule has 0 fully saturated rings. The van der Waals surface area contributed by atoms with Gasteiger partial charge in [0.1, 0.15) is 17.5 Å². The molecule has 0 bridgehead atoms. The van der Waals surface area contributed by atoms with Crippen LogP contribution in [0.2, 0.25) is 0 Å². The van der Waals surface area contributed by atoms with Crippen molar-refractivity contribution < 1.29 is 18.7 Å². The highest BCUT2D eigenvalue weighted by molar-refractivity contribution is 5.87. The fraction of sp³-hybridized carbons (Fsp3) is 0.143. The van der Waals surface area contributed by atoms with Crippen LogP contribution in [0, 0.1) is 11.6 Å². The minimum Gasteiger partial charge on any atom is -0.478 e. The molecule has 2 aromatic rings. The number of nitrogens with zero attached hydrogens (tertiary/aromatic N) is 1. The lowest BCUT2D eigenvalue weighted by atomic mass is 10.1. The van der Waals surface area contributed by atoms with Gasteiger partial charge >= 0.3 is 5.97 Å². The first-order chi connectivity index (χ1) is 9.54. The van der Waals surface area contributed by atoms with Crippen LogP contribution in [0.4, 0.5) is 14.6 Å². The van der Waals surface area contributed by atoms with Gasteiger partial charge in [-0.3, -0.25) is 0 Å². The summed E-state index contributed by atoms with van der Waals surface area (Å²) in [6, 6.07) is 6.33. The summed E-state index contributed by atoms with van der Waals surface area (Å²) in [4.78, 5) is 14.6. The zero-order valence-corrected chi connectivity index (χ0v) is 10.4. The zero-order valence-electron chi connectivity index (χ0n) is 10.4. The van der Waals surface area contributed by atoms with Gasteiger partial charge in [0.2, 0.25) is 0 Å². The highest BCUT2D eigenvalue weighted by Gasteiger charge is 2.03. The van der Waals surface area contributed by atoms with Gasteiger partial charge in [0.05, 0.1) is 5.56 Å². The second-order valence-electron chi connectivity index (χ2n) is 4.19. The number of anilines is 1. The quantitative estimate of drug-likeness (QED) is 0.882. The molecular weight excluding hydrogens is 266 g/mol. The molecule has 0 atom stereocenters. The molecule has 6 heteroatoms. The Hall–Kier alpha value is -2.50. The van der Waals surface area contributed by atoms with Crippen molar-refractivity contribution in [1.82, 2.24) is 4.98 Å². The number of rotatable bonds is 5. The molecule has 1 aromatic heterocycles. The fourth-order valence-electron chi connectivity index (χ4n) is 1.72. The Morgan fingerprint density at radius 3 is 2.45 bits per heavy atom. The minimum atomic E-state index is -1.04. The molecule has 104 valence electrons. The van der Waals surface area contributed by atoms with Gasteiger partial charge in [-0.1, -0.05) is 0 Å². The van der Waals surface area contributed by atoms with Crippen LogP contribution in [0.25, 0.3) is 0 Å². The second kappa shape index (κ2) is 6.10. The lowest BCUT2D eigenvalue weighted by Gasteiger charge is -2.06. The lowest BCUT2D eigenvalue weighted by Crippen LogP contribution is -2.07. The molecule has 0 unspecified atom stereocenters. The average Bonchev–Trinajstić information content (AvgIpc) is 2.38. The highest BCUT2D eigenvalue weighted by atomic mass is 19.1. The van der Waals surface area contributed by atoms with Crippen molar-refractivity contribution in [3.63, 3.8) is 0 Å². The van der Waals surface area contributed by atoms with Crippen LogP contribution < -0.4 is 5.32 Å². The molecular formula is C14H12F2N2O2. The summed E-state index contributed by atoms with van der Waals surface area (Å²) in [5.74, 6) is -1.75. The third kappa shape index (κ3) is 3.74. The molecule has 0 saturated heterocycles. The predicted octanol–water partition coefficient (Wildman–Crippen LogP) is 2.71. The smallest absolute Gasteiger partial charge is 0.337 e. The number of benzene rings is 1. The predicted molar refractivity (Wildman–Crippen MR) is 69.7 cm³/mol. The third-order valence-electron chi connectivity index (χ3n) is 2.65. The summed E-state index contributed by atoms with van der Waals surface area (Å²) in [6.45, 7) is 0.433. The van der Waals surface area contributed by atoms with Crippen molar-refractivity contribution in [2.24, 2.45) is 0 Å². The van der Waals surface area contributed by atoms with E-state index in [0.29, 0.717) is 24.3 Å². The molecule has 1 heterocycles. The molecule has 0 radical (unpaired) electrons. The maximum Gasteiger partial charge on any atom is 0.337 e. The second-order valence-corrected chi connectivity index (χ2v) is 4.19. The van der Waals surface area contributed by atoms with Crippen molar-refractivity contribution in [2.75, 3.05) is 11.9 Å². The van der Waals surface area contributed by atoms with Gasteiger partial charge < -0.3 is 10.4 Å². The first-order valence-electron chi connectivity index (χ1n) is 5.93.